The summed E-state index contributed by atoms with van der Waals surface area (Å²) in [5.41, 5.74) is 4.18. The minimum atomic E-state index is -0.301. The van der Waals surface area contributed by atoms with Crippen LogP contribution in [-0.4, -0.2) is 32.1 Å². The van der Waals surface area contributed by atoms with Gasteiger partial charge in [0.2, 0.25) is 5.82 Å². The summed E-state index contributed by atoms with van der Waals surface area (Å²) < 4.78 is 18.3. The van der Waals surface area contributed by atoms with Crippen molar-refractivity contribution in [2.24, 2.45) is 0 Å². The Kier molecular flexibility index (Phi) is 7.38. The third-order valence-corrected chi connectivity index (χ3v) is 5.69. The average Bonchev–Trinajstić information content (AvgIpc) is 3.15. The van der Waals surface area contributed by atoms with Gasteiger partial charge < -0.3 is 19.9 Å². The second-order valence-corrected chi connectivity index (χ2v) is 8.01. The van der Waals surface area contributed by atoms with Crippen molar-refractivity contribution < 1.29 is 18.7 Å². The fourth-order valence-electron chi connectivity index (χ4n) is 3.96. The highest BCUT2D eigenvalue weighted by Gasteiger charge is 2.32. The summed E-state index contributed by atoms with van der Waals surface area (Å²) in [7, 11) is 1.63. The molecule has 174 valence electrons. The zero-order valence-electron chi connectivity index (χ0n) is 19.0. The lowest BCUT2D eigenvalue weighted by Crippen LogP contribution is -2.28. The fourth-order valence-corrected chi connectivity index (χ4v) is 3.96. The molecule has 4 rings (SSSR count). The smallest absolute Gasteiger partial charge is 0.251 e. The minimum Gasteiger partial charge on any atom is -0.385 e. The number of nitrogens with one attached hydrogen (secondary N) is 1. The van der Waals surface area contributed by atoms with E-state index in [1.54, 1.807) is 31.4 Å². The topological polar surface area (TPSA) is 61.9 Å². The maximum Gasteiger partial charge on any atom is 0.251 e. The Labute approximate surface area is 198 Å². The van der Waals surface area contributed by atoms with Gasteiger partial charge in [-0.1, -0.05) is 36.4 Å². The number of methoxy groups -OCH3 is 1. The number of nitrogens with zero attached hydrogens (tertiary/aromatic N) is 2. The summed E-state index contributed by atoms with van der Waals surface area (Å²) in [6.45, 7) is 2.01. The lowest BCUT2D eigenvalue weighted by molar-refractivity contribution is 0.0948. The summed E-state index contributed by atoms with van der Waals surface area (Å²) >= 11 is 0. The van der Waals surface area contributed by atoms with E-state index in [0.717, 1.165) is 28.9 Å². The molecule has 0 aromatic heterocycles. The molecule has 0 atom stereocenters. The molecule has 0 saturated heterocycles. The number of halogens is 1. The van der Waals surface area contributed by atoms with E-state index in [9.17, 15) is 14.0 Å². The summed E-state index contributed by atoms with van der Waals surface area (Å²) in [6.07, 6.45) is 0.754. The average molecular weight is 460 g/mol. The first kappa shape index (κ1) is 23.2. The number of anilines is 2. The summed E-state index contributed by atoms with van der Waals surface area (Å²) in [6, 6.07) is 21.3. The van der Waals surface area contributed by atoms with Crippen LogP contribution in [0.5, 0.6) is 0 Å². The summed E-state index contributed by atoms with van der Waals surface area (Å²) in [5.74, 6) is 2.06. The highest BCUT2D eigenvalue weighted by atomic mass is 19.1. The molecule has 1 amide bonds. The van der Waals surface area contributed by atoms with E-state index in [1.807, 2.05) is 46.2 Å². The first-order valence-corrected chi connectivity index (χ1v) is 11.1. The highest BCUT2D eigenvalue weighted by Crippen LogP contribution is 2.42. The Balaban J connectivity index is 1.51. The summed E-state index contributed by atoms with van der Waals surface area (Å²) in [4.78, 5) is 28.2. The van der Waals surface area contributed by atoms with Gasteiger partial charge in [0.05, 0.1) is 24.5 Å². The van der Waals surface area contributed by atoms with Crippen LogP contribution >= 0.6 is 0 Å². The van der Waals surface area contributed by atoms with Crippen LogP contribution in [0.15, 0.2) is 78.6 Å². The van der Waals surface area contributed by atoms with Gasteiger partial charge >= 0.3 is 0 Å². The van der Waals surface area contributed by atoms with Crippen molar-refractivity contribution in [1.29, 1.82) is 0 Å². The van der Waals surface area contributed by atoms with Crippen molar-refractivity contribution in [3.63, 3.8) is 0 Å². The number of ether oxygens (including phenoxy) is 1. The normalized spacial score (nSPS) is 12.5. The molecule has 1 aliphatic heterocycles. The number of hydrogen-bond donors (Lipinski definition) is 1. The van der Waals surface area contributed by atoms with Gasteiger partial charge in [0, 0.05) is 25.8 Å². The van der Waals surface area contributed by atoms with E-state index < -0.39 is 0 Å². The number of fused-ring (bicyclic) bond motifs is 1. The third-order valence-electron chi connectivity index (χ3n) is 5.69. The van der Waals surface area contributed by atoms with Crippen LogP contribution in [0, 0.1) is 5.82 Å². The SMILES string of the molecule is COCCCNC(=O)c1ccc(CN2C(=C=O)N(Cc3ccc(F)cc3)c3ccccc32)cc1. The van der Waals surface area contributed by atoms with E-state index in [2.05, 4.69) is 11.3 Å². The van der Waals surface area contributed by atoms with E-state index in [4.69, 9.17) is 4.74 Å². The first-order chi connectivity index (χ1) is 16.6. The van der Waals surface area contributed by atoms with E-state index in [-0.39, 0.29) is 11.7 Å². The Morgan fingerprint density at radius 1 is 0.912 bits per heavy atom. The largest absolute Gasteiger partial charge is 0.385 e. The van der Waals surface area contributed by atoms with Crippen molar-refractivity contribution in [2.45, 2.75) is 19.5 Å². The second-order valence-electron chi connectivity index (χ2n) is 8.01. The quantitative estimate of drug-likeness (QED) is 0.382. The molecular weight excluding hydrogens is 433 g/mol. The van der Waals surface area contributed by atoms with Crippen molar-refractivity contribution in [3.05, 3.63) is 101 Å². The molecule has 1 aliphatic rings. The molecule has 0 aliphatic carbocycles. The molecule has 0 saturated carbocycles. The molecule has 0 bridgehead atoms. The molecule has 0 unspecified atom stereocenters. The van der Waals surface area contributed by atoms with Crippen LogP contribution in [0.4, 0.5) is 15.8 Å². The third kappa shape index (κ3) is 5.17. The number of carbonyl (C=O) groups excluding carboxylic acids is 2. The van der Waals surface area contributed by atoms with Crippen molar-refractivity contribution >= 4 is 23.2 Å². The fraction of sp³-hybridized carbons (Fsp3) is 0.222. The Morgan fingerprint density at radius 3 is 2.00 bits per heavy atom. The maximum atomic E-state index is 13.3. The van der Waals surface area contributed by atoms with Crippen LogP contribution in [0.1, 0.15) is 27.9 Å². The van der Waals surface area contributed by atoms with Gasteiger partial charge in [0.15, 0.2) is 5.94 Å². The molecule has 1 N–H and O–H groups in total. The molecule has 7 heteroatoms. The molecule has 0 spiro atoms. The molecule has 1 heterocycles. The van der Waals surface area contributed by atoms with E-state index in [1.165, 1.54) is 12.1 Å². The molecular formula is C27H26FN3O3. The predicted molar refractivity (Wildman–Crippen MR) is 130 cm³/mol. The van der Waals surface area contributed by atoms with Crippen molar-refractivity contribution in [1.82, 2.24) is 5.32 Å². The Bertz CT molecular complexity index is 1190. The minimum absolute atomic E-state index is 0.131. The molecule has 3 aromatic rings. The van der Waals surface area contributed by atoms with Gasteiger partial charge in [-0.2, -0.15) is 0 Å². The van der Waals surface area contributed by atoms with Gasteiger partial charge in [0.1, 0.15) is 5.82 Å². The van der Waals surface area contributed by atoms with Crippen molar-refractivity contribution in [3.8, 4) is 0 Å². The van der Waals surface area contributed by atoms with Gasteiger partial charge in [-0.15, -0.1) is 0 Å². The van der Waals surface area contributed by atoms with Crippen LogP contribution < -0.4 is 15.1 Å². The predicted octanol–water partition coefficient (Wildman–Crippen LogP) is 4.29. The monoisotopic (exact) mass is 459 g/mol. The second kappa shape index (κ2) is 10.8. The molecule has 0 fully saturated rings. The highest BCUT2D eigenvalue weighted by molar-refractivity contribution is 5.94. The van der Waals surface area contributed by atoms with E-state index in [0.29, 0.717) is 37.6 Å². The standard InChI is InChI=1S/C27H26FN3O3/c1-34-16-4-15-29-27(33)22-11-7-20(8-12-22)17-30-24-5-2-3-6-25(24)31(26(30)19-32)18-21-9-13-23(28)14-10-21/h2-3,5-14H,4,15-18H2,1H3,(H,29,33). The zero-order chi connectivity index (χ0) is 23.9. The van der Waals surface area contributed by atoms with Crippen LogP contribution in [0.3, 0.4) is 0 Å². The Morgan fingerprint density at radius 2 is 1.47 bits per heavy atom. The number of para-hydroxylation sites is 2. The zero-order valence-corrected chi connectivity index (χ0v) is 19.0. The van der Waals surface area contributed by atoms with Gasteiger partial charge in [0.25, 0.3) is 5.91 Å². The number of hydrogen-bond acceptors (Lipinski definition) is 5. The molecule has 3 aromatic carbocycles. The number of benzene rings is 3. The number of amides is 1. The lowest BCUT2D eigenvalue weighted by atomic mass is 10.1. The number of carbonyl (C=O) groups is 1. The van der Waals surface area contributed by atoms with Gasteiger partial charge in [-0.25, -0.2) is 9.18 Å². The first-order valence-electron chi connectivity index (χ1n) is 11.1. The van der Waals surface area contributed by atoms with Crippen LogP contribution in [0.25, 0.3) is 0 Å². The van der Waals surface area contributed by atoms with Gasteiger partial charge in [-0.05, 0) is 53.9 Å². The van der Waals surface area contributed by atoms with Crippen LogP contribution in [-0.2, 0) is 22.6 Å². The molecule has 34 heavy (non-hydrogen) atoms. The molecule has 0 radical (unpaired) electrons. The van der Waals surface area contributed by atoms with E-state index >= 15 is 0 Å². The van der Waals surface area contributed by atoms with Crippen LogP contribution in [0.2, 0.25) is 0 Å². The van der Waals surface area contributed by atoms with Gasteiger partial charge in [-0.3, -0.25) is 4.79 Å². The lowest BCUT2D eigenvalue weighted by Gasteiger charge is -2.22. The summed E-state index contributed by atoms with van der Waals surface area (Å²) in [5, 5.41) is 2.87. The van der Waals surface area contributed by atoms with Crippen molar-refractivity contribution in [2.75, 3.05) is 30.1 Å². The number of rotatable bonds is 9. The Hall–Kier alpha value is -3.93. The maximum absolute atomic E-state index is 13.3. The molecule has 6 nitrogen and oxygen atoms in total.